The molecule has 1 aromatic rings. The summed E-state index contributed by atoms with van der Waals surface area (Å²) >= 11 is 3.39. The maximum atomic E-state index is 11.0. The molecule has 1 N–H and O–H groups in total. The van der Waals surface area contributed by atoms with Gasteiger partial charge in [0.1, 0.15) is 0 Å². The summed E-state index contributed by atoms with van der Waals surface area (Å²) < 4.78 is 0.852. The molecule has 0 spiro atoms. The van der Waals surface area contributed by atoms with Crippen LogP contribution in [0, 0.1) is 0 Å². The van der Waals surface area contributed by atoms with Crippen LogP contribution in [0.25, 0.3) is 0 Å². The van der Waals surface area contributed by atoms with Gasteiger partial charge in [0, 0.05) is 4.47 Å². The number of halogens is 1. The van der Waals surface area contributed by atoms with Crippen molar-refractivity contribution < 1.29 is 9.90 Å². The topological polar surface area (TPSA) is 37.3 Å². The van der Waals surface area contributed by atoms with Crippen molar-refractivity contribution in [1.82, 2.24) is 0 Å². The van der Waals surface area contributed by atoms with E-state index < -0.39 is 5.97 Å². The number of carbonyl (C=O) groups is 1. The highest BCUT2D eigenvalue weighted by molar-refractivity contribution is 9.10. The van der Waals surface area contributed by atoms with Crippen LogP contribution in [-0.2, 0) is 5.41 Å². The smallest absolute Gasteiger partial charge is 0.336 e. The minimum absolute atomic E-state index is 0.173. The van der Waals surface area contributed by atoms with Crippen LogP contribution in [0.15, 0.2) is 22.7 Å². The molecule has 14 heavy (non-hydrogen) atoms. The van der Waals surface area contributed by atoms with E-state index in [0.29, 0.717) is 5.56 Å². The van der Waals surface area contributed by atoms with Crippen molar-refractivity contribution in [3.8, 4) is 0 Å². The van der Waals surface area contributed by atoms with Gasteiger partial charge in [-0.15, -0.1) is 0 Å². The minimum atomic E-state index is -0.878. The summed E-state index contributed by atoms with van der Waals surface area (Å²) in [5, 5.41) is 9.03. The molecule has 0 aliphatic carbocycles. The van der Waals surface area contributed by atoms with Gasteiger partial charge >= 0.3 is 5.97 Å². The lowest BCUT2D eigenvalue weighted by molar-refractivity contribution is 0.0694. The molecule has 0 saturated carbocycles. The maximum Gasteiger partial charge on any atom is 0.336 e. The summed E-state index contributed by atoms with van der Waals surface area (Å²) in [6.45, 7) is 6.00. The first kappa shape index (κ1) is 11.2. The van der Waals surface area contributed by atoms with Gasteiger partial charge in [-0.1, -0.05) is 42.8 Å². The van der Waals surface area contributed by atoms with Gasteiger partial charge in [0.25, 0.3) is 0 Å². The Kier molecular flexibility index (Phi) is 3.00. The molecule has 0 bridgehead atoms. The Labute approximate surface area is 92.1 Å². The molecule has 1 aromatic carbocycles. The number of aromatic carboxylic acids is 1. The largest absolute Gasteiger partial charge is 0.478 e. The summed E-state index contributed by atoms with van der Waals surface area (Å²) in [6, 6.07) is 5.24. The Bertz CT molecular complexity index is 364. The first-order chi connectivity index (χ1) is 6.34. The molecule has 0 aliphatic heterocycles. The van der Waals surface area contributed by atoms with Crippen molar-refractivity contribution >= 4 is 21.9 Å². The van der Waals surface area contributed by atoms with E-state index in [2.05, 4.69) is 15.9 Å². The number of rotatable bonds is 1. The second-order valence-electron chi connectivity index (χ2n) is 4.22. The quantitative estimate of drug-likeness (QED) is 0.836. The summed E-state index contributed by atoms with van der Waals surface area (Å²) in [7, 11) is 0. The average molecular weight is 257 g/mol. The average Bonchev–Trinajstić information content (AvgIpc) is 2.01. The Morgan fingerprint density at radius 1 is 1.36 bits per heavy atom. The molecule has 0 aliphatic rings. The van der Waals surface area contributed by atoms with Crippen LogP contribution < -0.4 is 0 Å². The molecular formula is C11H13BrO2. The van der Waals surface area contributed by atoms with Crippen LogP contribution in [0.5, 0.6) is 0 Å². The zero-order valence-corrected chi connectivity index (χ0v) is 10.1. The Hall–Kier alpha value is -0.830. The number of hydrogen-bond acceptors (Lipinski definition) is 1. The predicted octanol–water partition coefficient (Wildman–Crippen LogP) is 3.44. The number of carboxylic acids is 1. The van der Waals surface area contributed by atoms with Gasteiger partial charge in [-0.25, -0.2) is 4.79 Å². The Morgan fingerprint density at radius 3 is 2.29 bits per heavy atom. The molecule has 0 heterocycles. The van der Waals surface area contributed by atoms with E-state index in [9.17, 15) is 4.79 Å². The molecule has 0 radical (unpaired) electrons. The van der Waals surface area contributed by atoms with Crippen molar-refractivity contribution in [3.63, 3.8) is 0 Å². The van der Waals surface area contributed by atoms with Gasteiger partial charge in [-0.3, -0.25) is 0 Å². The molecule has 0 aromatic heterocycles. The van der Waals surface area contributed by atoms with Crippen molar-refractivity contribution in [1.29, 1.82) is 0 Å². The fourth-order valence-electron chi connectivity index (χ4n) is 1.46. The van der Waals surface area contributed by atoms with Crippen LogP contribution in [0.4, 0.5) is 0 Å². The number of benzene rings is 1. The SMILES string of the molecule is CC(C)(C)c1c(Br)cccc1C(=O)O. The minimum Gasteiger partial charge on any atom is -0.478 e. The summed E-state index contributed by atoms with van der Waals surface area (Å²) in [6.07, 6.45) is 0. The van der Waals surface area contributed by atoms with Gasteiger partial charge in [0.15, 0.2) is 0 Å². The van der Waals surface area contributed by atoms with E-state index in [4.69, 9.17) is 5.11 Å². The van der Waals surface area contributed by atoms with E-state index in [1.54, 1.807) is 12.1 Å². The fourth-order valence-corrected chi connectivity index (χ4v) is 2.43. The van der Waals surface area contributed by atoms with Crippen LogP contribution in [-0.4, -0.2) is 11.1 Å². The highest BCUT2D eigenvalue weighted by Gasteiger charge is 2.23. The third-order valence-corrected chi connectivity index (χ3v) is 2.65. The van der Waals surface area contributed by atoms with E-state index in [1.165, 1.54) is 0 Å². The normalized spacial score (nSPS) is 11.4. The molecule has 3 heteroatoms. The van der Waals surface area contributed by atoms with E-state index in [0.717, 1.165) is 10.0 Å². The van der Waals surface area contributed by atoms with Crippen LogP contribution in [0.2, 0.25) is 0 Å². The molecule has 76 valence electrons. The van der Waals surface area contributed by atoms with Gasteiger partial charge in [-0.2, -0.15) is 0 Å². The van der Waals surface area contributed by atoms with Crippen LogP contribution >= 0.6 is 15.9 Å². The van der Waals surface area contributed by atoms with Crippen molar-refractivity contribution in [2.75, 3.05) is 0 Å². The number of hydrogen-bond donors (Lipinski definition) is 1. The Balaban J connectivity index is 3.45. The highest BCUT2D eigenvalue weighted by atomic mass is 79.9. The standard InChI is InChI=1S/C11H13BrO2/c1-11(2,3)9-7(10(13)14)5-4-6-8(9)12/h4-6H,1-3H3,(H,13,14). The van der Waals surface area contributed by atoms with E-state index >= 15 is 0 Å². The summed E-state index contributed by atoms with van der Waals surface area (Å²) in [4.78, 5) is 11.0. The van der Waals surface area contributed by atoms with E-state index in [1.807, 2.05) is 26.8 Å². The Morgan fingerprint density at radius 2 is 1.93 bits per heavy atom. The third-order valence-electron chi connectivity index (χ3n) is 1.99. The third kappa shape index (κ3) is 2.15. The lowest BCUT2D eigenvalue weighted by atomic mass is 9.84. The number of carboxylic acid groups (broad SMARTS) is 1. The monoisotopic (exact) mass is 256 g/mol. The molecule has 0 atom stereocenters. The van der Waals surface area contributed by atoms with Gasteiger partial charge in [0.2, 0.25) is 0 Å². The zero-order valence-electron chi connectivity index (χ0n) is 8.47. The van der Waals surface area contributed by atoms with Crippen LogP contribution in [0.3, 0.4) is 0 Å². The summed E-state index contributed by atoms with van der Waals surface area (Å²) in [5.74, 6) is -0.878. The van der Waals surface area contributed by atoms with Gasteiger partial charge < -0.3 is 5.11 Å². The molecule has 0 fully saturated rings. The lowest BCUT2D eigenvalue weighted by Crippen LogP contribution is -2.17. The fraction of sp³-hybridized carbons (Fsp3) is 0.364. The second-order valence-corrected chi connectivity index (χ2v) is 5.07. The molecule has 1 rings (SSSR count). The molecular weight excluding hydrogens is 244 g/mol. The van der Waals surface area contributed by atoms with Crippen molar-refractivity contribution in [3.05, 3.63) is 33.8 Å². The first-order valence-electron chi connectivity index (χ1n) is 4.36. The predicted molar refractivity (Wildman–Crippen MR) is 59.8 cm³/mol. The molecule has 0 saturated heterocycles. The van der Waals surface area contributed by atoms with Crippen molar-refractivity contribution in [2.45, 2.75) is 26.2 Å². The lowest BCUT2D eigenvalue weighted by Gasteiger charge is -2.22. The molecule has 0 amide bonds. The second kappa shape index (κ2) is 3.73. The highest BCUT2D eigenvalue weighted by Crippen LogP contribution is 2.32. The van der Waals surface area contributed by atoms with Crippen molar-refractivity contribution in [2.24, 2.45) is 0 Å². The van der Waals surface area contributed by atoms with Gasteiger partial charge in [0.05, 0.1) is 5.56 Å². The summed E-state index contributed by atoms with van der Waals surface area (Å²) in [5.41, 5.74) is 1.03. The zero-order chi connectivity index (χ0) is 10.9. The van der Waals surface area contributed by atoms with Crippen LogP contribution in [0.1, 0.15) is 36.7 Å². The van der Waals surface area contributed by atoms with E-state index in [-0.39, 0.29) is 5.41 Å². The first-order valence-corrected chi connectivity index (χ1v) is 5.15. The molecule has 0 unspecified atom stereocenters. The van der Waals surface area contributed by atoms with Gasteiger partial charge in [-0.05, 0) is 23.1 Å². The molecule has 2 nitrogen and oxygen atoms in total. The maximum absolute atomic E-state index is 11.0.